The maximum absolute atomic E-state index is 10.6. The van der Waals surface area contributed by atoms with Crippen molar-refractivity contribution in [1.82, 2.24) is 4.98 Å². The molecule has 1 atom stereocenters. The van der Waals surface area contributed by atoms with Crippen LogP contribution in [0.5, 0.6) is 0 Å². The summed E-state index contributed by atoms with van der Waals surface area (Å²) in [5.74, 6) is 1.44. The van der Waals surface area contributed by atoms with Gasteiger partial charge in [0.05, 0.1) is 5.54 Å². The van der Waals surface area contributed by atoms with E-state index in [9.17, 15) is 5.11 Å². The van der Waals surface area contributed by atoms with E-state index in [1.807, 2.05) is 44.2 Å². The summed E-state index contributed by atoms with van der Waals surface area (Å²) in [5, 5.41) is 10.6. The molecule has 0 aliphatic carbocycles. The zero-order valence-electron chi connectivity index (χ0n) is 17.3. The van der Waals surface area contributed by atoms with E-state index in [1.54, 1.807) is 0 Å². The first-order valence-electron chi connectivity index (χ1n) is 10.5. The maximum Gasteiger partial charge on any atom is 0.240 e. The fourth-order valence-corrected chi connectivity index (χ4v) is 3.36. The van der Waals surface area contributed by atoms with Crippen LogP contribution >= 0.6 is 0 Å². The number of nitrogens with zero attached hydrogens (tertiary/aromatic N) is 2. The van der Waals surface area contributed by atoms with Crippen molar-refractivity contribution in [3.05, 3.63) is 41.9 Å². The minimum absolute atomic E-state index is 0.278. The van der Waals surface area contributed by atoms with E-state index in [0.717, 1.165) is 18.4 Å². The highest BCUT2D eigenvalue weighted by molar-refractivity contribution is 5.98. The molecule has 2 aromatic rings. The number of rotatable bonds is 10. The summed E-state index contributed by atoms with van der Waals surface area (Å²) in [4.78, 5) is 9.23. The Morgan fingerprint density at radius 2 is 1.79 bits per heavy atom. The summed E-state index contributed by atoms with van der Waals surface area (Å²) < 4.78 is 11.8. The van der Waals surface area contributed by atoms with Crippen LogP contribution in [0.3, 0.4) is 0 Å². The van der Waals surface area contributed by atoms with Gasteiger partial charge in [0.2, 0.25) is 11.8 Å². The summed E-state index contributed by atoms with van der Waals surface area (Å²) in [7, 11) is 0. The molecule has 152 valence electrons. The average Bonchev–Trinajstić information content (AvgIpc) is 3.28. The van der Waals surface area contributed by atoms with Crippen molar-refractivity contribution in [1.29, 1.82) is 0 Å². The summed E-state index contributed by atoms with van der Waals surface area (Å²) in [6, 6.07) is 9.80. The molecule has 0 amide bonds. The standard InChI is InChI=1S/C23H32N2O3/c1-4-5-6-7-8-12-15-18(26)21-24-19(22-25-23(2,3)16-27-22)20(28-21)17-13-10-9-11-14-17/h9-11,13-14,18,26H,4-8,12,15-16H2,1-3H3. The number of oxazole rings is 1. The number of hydrogen-bond donors (Lipinski definition) is 1. The zero-order chi connectivity index (χ0) is 20.0. The average molecular weight is 385 g/mol. The van der Waals surface area contributed by atoms with Crippen LogP contribution in [0.2, 0.25) is 0 Å². The highest BCUT2D eigenvalue weighted by atomic mass is 16.5. The molecule has 2 heterocycles. The molecule has 1 aliphatic heterocycles. The molecule has 0 bridgehead atoms. The van der Waals surface area contributed by atoms with Crippen LogP contribution < -0.4 is 0 Å². The summed E-state index contributed by atoms with van der Waals surface area (Å²) in [6.45, 7) is 6.78. The number of hydrogen-bond acceptors (Lipinski definition) is 5. The Balaban J connectivity index is 1.76. The number of aromatic nitrogens is 1. The number of benzene rings is 1. The number of ether oxygens (including phenoxy) is 1. The van der Waals surface area contributed by atoms with Gasteiger partial charge in [0.15, 0.2) is 11.5 Å². The van der Waals surface area contributed by atoms with Crippen molar-refractivity contribution in [2.45, 2.75) is 77.4 Å². The lowest BCUT2D eigenvalue weighted by atomic mass is 10.1. The molecule has 1 unspecified atom stereocenters. The van der Waals surface area contributed by atoms with Gasteiger partial charge in [-0.2, -0.15) is 0 Å². The van der Waals surface area contributed by atoms with Gasteiger partial charge in [-0.1, -0.05) is 75.8 Å². The topological polar surface area (TPSA) is 67.9 Å². The lowest BCUT2D eigenvalue weighted by molar-refractivity contribution is 0.131. The number of aliphatic hydroxyl groups excluding tert-OH is 1. The van der Waals surface area contributed by atoms with Gasteiger partial charge in [-0.25, -0.2) is 9.98 Å². The Kier molecular flexibility index (Phi) is 6.89. The van der Waals surface area contributed by atoms with E-state index in [2.05, 4.69) is 16.9 Å². The Bertz CT molecular complexity index is 780. The minimum atomic E-state index is -0.711. The normalized spacial score (nSPS) is 16.6. The van der Waals surface area contributed by atoms with E-state index in [0.29, 0.717) is 36.3 Å². The second-order valence-corrected chi connectivity index (χ2v) is 8.19. The van der Waals surface area contributed by atoms with E-state index >= 15 is 0 Å². The van der Waals surface area contributed by atoms with Crippen LogP contribution in [0, 0.1) is 0 Å². The number of unbranched alkanes of at least 4 members (excludes halogenated alkanes) is 5. The van der Waals surface area contributed by atoms with Crippen molar-refractivity contribution in [3.63, 3.8) is 0 Å². The third kappa shape index (κ3) is 5.22. The molecule has 5 nitrogen and oxygen atoms in total. The third-order valence-electron chi connectivity index (χ3n) is 4.96. The van der Waals surface area contributed by atoms with Crippen molar-refractivity contribution < 1.29 is 14.3 Å². The lowest BCUT2D eigenvalue weighted by Gasteiger charge is -2.07. The van der Waals surface area contributed by atoms with Gasteiger partial charge < -0.3 is 14.3 Å². The second-order valence-electron chi connectivity index (χ2n) is 8.19. The fraction of sp³-hybridized carbons (Fsp3) is 0.565. The summed E-state index contributed by atoms with van der Waals surface area (Å²) >= 11 is 0. The Labute approximate surface area is 167 Å². The molecule has 5 heteroatoms. The van der Waals surface area contributed by atoms with Gasteiger partial charge >= 0.3 is 0 Å². The van der Waals surface area contributed by atoms with Crippen molar-refractivity contribution >= 4 is 5.90 Å². The van der Waals surface area contributed by atoms with Crippen LogP contribution in [0.15, 0.2) is 39.7 Å². The molecule has 0 saturated heterocycles. The van der Waals surface area contributed by atoms with Crippen LogP contribution in [0.25, 0.3) is 11.3 Å². The number of aliphatic imine (C=N–C) groups is 1. The van der Waals surface area contributed by atoms with Gasteiger partial charge in [0, 0.05) is 5.56 Å². The first kappa shape index (κ1) is 20.6. The van der Waals surface area contributed by atoms with Crippen molar-refractivity contribution in [2.75, 3.05) is 6.61 Å². The molecule has 3 rings (SSSR count). The molecule has 0 spiro atoms. The molecule has 1 aromatic heterocycles. The SMILES string of the molecule is CCCCCCCCC(O)c1nc(C2=NC(C)(C)CO2)c(-c2ccccc2)o1. The largest absolute Gasteiger partial charge is 0.474 e. The molecule has 0 radical (unpaired) electrons. The van der Waals surface area contributed by atoms with Gasteiger partial charge in [-0.3, -0.25) is 0 Å². The van der Waals surface area contributed by atoms with Crippen LogP contribution in [-0.4, -0.2) is 28.1 Å². The van der Waals surface area contributed by atoms with Gasteiger partial charge in [-0.15, -0.1) is 0 Å². The van der Waals surface area contributed by atoms with Crippen LogP contribution in [-0.2, 0) is 4.74 Å². The van der Waals surface area contributed by atoms with Gasteiger partial charge in [-0.05, 0) is 20.3 Å². The Morgan fingerprint density at radius 3 is 2.46 bits per heavy atom. The van der Waals surface area contributed by atoms with Crippen LogP contribution in [0.4, 0.5) is 0 Å². The monoisotopic (exact) mass is 384 g/mol. The molecule has 1 N–H and O–H groups in total. The fourth-order valence-electron chi connectivity index (χ4n) is 3.36. The number of aliphatic hydroxyl groups is 1. The van der Waals surface area contributed by atoms with Gasteiger partial charge in [0.1, 0.15) is 12.7 Å². The van der Waals surface area contributed by atoms with Gasteiger partial charge in [0.25, 0.3) is 0 Å². The molecule has 28 heavy (non-hydrogen) atoms. The Hall–Kier alpha value is -2.14. The summed E-state index contributed by atoms with van der Waals surface area (Å²) in [6.07, 6.45) is 7.04. The molecule has 1 aliphatic rings. The first-order valence-corrected chi connectivity index (χ1v) is 10.5. The predicted octanol–water partition coefficient (Wildman–Crippen LogP) is 5.68. The lowest BCUT2D eigenvalue weighted by Crippen LogP contribution is -2.17. The van der Waals surface area contributed by atoms with Crippen LogP contribution in [0.1, 0.15) is 83.4 Å². The smallest absolute Gasteiger partial charge is 0.240 e. The quantitative estimate of drug-likeness (QED) is 0.535. The molecular weight excluding hydrogens is 352 g/mol. The minimum Gasteiger partial charge on any atom is -0.474 e. The molecule has 0 saturated carbocycles. The first-order chi connectivity index (χ1) is 13.5. The highest BCUT2D eigenvalue weighted by Crippen LogP contribution is 2.32. The summed E-state index contributed by atoms with van der Waals surface area (Å²) in [5.41, 5.74) is 1.20. The third-order valence-corrected chi connectivity index (χ3v) is 4.96. The van der Waals surface area contributed by atoms with Crippen molar-refractivity contribution in [3.8, 4) is 11.3 Å². The van der Waals surface area contributed by atoms with E-state index in [-0.39, 0.29) is 5.54 Å². The maximum atomic E-state index is 10.6. The molecular formula is C23H32N2O3. The molecule has 0 fully saturated rings. The molecule has 1 aromatic carbocycles. The predicted molar refractivity (Wildman–Crippen MR) is 111 cm³/mol. The van der Waals surface area contributed by atoms with Crippen molar-refractivity contribution in [2.24, 2.45) is 4.99 Å². The zero-order valence-corrected chi connectivity index (χ0v) is 17.3. The van der Waals surface area contributed by atoms with E-state index in [4.69, 9.17) is 9.15 Å². The Morgan fingerprint density at radius 1 is 1.07 bits per heavy atom. The second kappa shape index (κ2) is 9.37. The van der Waals surface area contributed by atoms with E-state index < -0.39 is 6.10 Å². The van der Waals surface area contributed by atoms with E-state index in [1.165, 1.54) is 25.7 Å². The highest BCUT2D eigenvalue weighted by Gasteiger charge is 2.32.